The van der Waals surface area contributed by atoms with Gasteiger partial charge in [-0.15, -0.1) is 10.2 Å². The van der Waals surface area contributed by atoms with Crippen molar-refractivity contribution in [3.8, 4) is 17.2 Å². The Morgan fingerprint density at radius 2 is 2.24 bits per heavy atom. The van der Waals surface area contributed by atoms with Crippen LogP contribution in [-0.2, 0) is 12.8 Å². The van der Waals surface area contributed by atoms with Crippen molar-refractivity contribution in [2.24, 2.45) is 7.05 Å². The summed E-state index contributed by atoms with van der Waals surface area (Å²) in [5.74, 6) is 2.40. The highest BCUT2D eigenvalue weighted by Gasteiger charge is 2.10. The third-order valence-corrected chi connectivity index (χ3v) is 3.93. The van der Waals surface area contributed by atoms with Crippen LogP contribution < -0.4 is 4.74 Å². The summed E-state index contributed by atoms with van der Waals surface area (Å²) in [5.41, 5.74) is 0.843. The van der Waals surface area contributed by atoms with Crippen molar-refractivity contribution in [3.63, 3.8) is 0 Å². The predicted octanol–water partition coefficient (Wildman–Crippen LogP) is 2.77. The minimum Gasteiger partial charge on any atom is -0.497 e. The number of imidazole rings is 1. The topological polar surface area (TPSA) is 66.0 Å². The van der Waals surface area contributed by atoms with E-state index in [1.807, 2.05) is 42.1 Å². The van der Waals surface area contributed by atoms with E-state index in [1.54, 1.807) is 25.1 Å². The molecule has 0 aliphatic heterocycles. The fraction of sp³-hybridized carbons (Fsp3) is 0.214. The monoisotopic (exact) mass is 302 g/mol. The molecule has 0 aliphatic rings. The van der Waals surface area contributed by atoms with Crippen LogP contribution in [0.1, 0.15) is 5.89 Å². The summed E-state index contributed by atoms with van der Waals surface area (Å²) in [4.78, 5) is 4.24. The summed E-state index contributed by atoms with van der Waals surface area (Å²) >= 11 is 1.55. The number of rotatable bonds is 5. The number of aryl methyl sites for hydroxylation is 1. The second-order valence-corrected chi connectivity index (χ2v) is 5.28. The van der Waals surface area contributed by atoms with Crippen LogP contribution in [0.5, 0.6) is 5.75 Å². The maximum Gasteiger partial charge on any atom is 0.247 e. The number of hydrogen-bond donors (Lipinski definition) is 0. The lowest BCUT2D eigenvalue weighted by Gasteiger charge is -2.00. The zero-order valence-electron chi connectivity index (χ0n) is 11.7. The molecule has 0 spiro atoms. The van der Waals surface area contributed by atoms with Gasteiger partial charge in [-0.25, -0.2) is 4.98 Å². The Hall–Kier alpha value is -2.28. The van der Waals surface area contributed by atoms with Gasteiger partial charge in [0.15, 0.2) is 5.16 Å². The first-order valence-electron chi connectivity index (χ1n) is 6.33. The minimum atomic E-state index is 0.490. The average Bonchev–Trinajstić information content (AvgIpc) is 3.14. The van der Waals surface area contributed by atoms with Gasteiger partial charge in [0, 0.05) is 25.0 Å². The Morgan fingerprint density at radius 1 is 1.33 bits per heavy atom. The van der Waals surface area contributed by atoms with Crippen LogP contribution in [0, 0.1) is 0 Å². The summed E-state index contributed by atoms with van der Waals surface area (Å²) < 4.78 is 12.8. The molecular weight excluding hydrogens is 288 g/mol. The number of hydrogen-bond acceptors (Lipinski definition) is 6. The van der Waals surface area contributed by atoms with Gasteiger partial charge in [-0.2, -0.15) is 0 Å². The van der Waals surface area contributed by atoms with E-state index in [2.05, 4.69) is 15.2 Å². The molecule has 0 bridgehead atoms. The van der Waals surface area contributed by atoms with Crippen LogP contribution >= 0.6 is 11.8 Å². The van der Waals surface area contributed by atoms with Crippen molar-refractivity contribution < 1.29 is 9.15 Å². The van der Waals surface area contributed by atoms with Gasteiger partial charge in [-0.1, -0.05) is 17.8 Å². The van der Waals surface area contributed by atoms with Crippen LogP contribution in [0.15, 0.2) is 46.2 Å². The van der Waals surface area contributed by atoms with Crippen molar-refractivity contribution in [3.05, 3.63) is 42.5 Å². The van der Waals surface area contributed by atoms with Crippen molar-refractivity contribution in [1.29, 1.82) is 0 Å². The number of methoxy groups -OCH3 is 1. The zero-order valence-corrected chi connectivity index (χ0v) is 12.5. The maximum atomic E-state index is 5.67. The molecule has 3 aromatic rings. The number of benzene rings is 1. The maximum absolute atomic E-state index is 5.67. The first-order chi connectivity index (χ1) is 10.3. The van der Waals surface area contributed by atoms with Crippen molar-refractivity contribution in [1.82, 2.24) is 19.7 Å². The first kappa shape index (κ1) is 13.7. The van der Waals surface area contributed by atoms with E-state index in [0.29, 0.717) is 17.5 Å². The Kier molecular flexibility index (Phi) is 3.92. The van der Waals surface area contributed by atoms with Gasteiger partial charge in [0.2, 0.25) is 11.8 Å². The molecule has 3 rings (SSSR count). The molecule has 21 heavy (non-hydrogen) atoms. The second kappa shape index (κ2) is 6.01. The normalized spacial score (nSPS) is 10.8. The molecule has 0 atom stereocenters. The lowest BCUT2D eigenvalue weighted by Crippen LogP contribution is -1.89. The molecule has 6 nitrogen and oxygen atoms in total. The predicted molar refractivity (Wildman–Crippen MR) is 79.1 cm³/mol. The third-order valence-electron chi connectivity index (χ3n) is 2.89. The van der Waals surface area contributed by atoms with E-state index in [9.17, 15) is 0 Å². The quantitative estimate of drug-likeness (QED) is 0.675. The minimum absolute atomic E-state index is 0.490. The van der Waals surface area contributed by atoms with E-state index in [-0.39, 0.29) is 0 Å². The molecular formula is C14H14N4O2S. The van der Waals surface area contributed by atoms with E-state index in [0.717, 1.165) is 16.5 Å². The zero-order chi connectivity index (χ0) is 14.7. The molecule has 0 aliphatic carbocycles. The molecule has 108 valence electrons. The van der Waals surface area contributed by atoms with Gasteiger partial charge in [0.05, 0.1) is 12.9 Å². The summed E-state index contributed by atoms with van der Waals surface area (Å²) in [6.45, 7) is 0. The van der Waals surface area contributed by atoms with Crippen molar-refractivity contribution >= 4 is 11.8 Å². The number of thioether (sulfide) groups is 1. The molecule has 0 fully saturated rings. The SMILES string of the molecule is COc1cccc(-c2nnc(CSc3nccn3C)o2)c1. The fourth-order valence-corrected chi connectivity index (χ4v) is 2.57. The third kappa shape index (κ3) is 3.08. The second-order valence-electron chi connectivity index (χ2n) is 4.34. The van der Waals surface area contributed by atoms with Crippen LogP contribution in [0.2, 0.25) is 0 Å². The first-order valence-corrected chi connectivity index (χ1v) is 7.32. The molecule has 0 amide bonds. The lowest BCUT2D eigenvalue weighted by atomic mass is 10.2. The molecule has 1 aromatic carbocycles. The van der Waals surface area contributed by atoms with Gasteiger partial charge in [0.25, 0.3) is 0 Å². The Bertz CT molecular complexity index is 738. The lowest BCUT2D eigenvalue weighted by molar-refractivity contribution is 0.414. The average molecular weight is 302 g/mol. The highest BCUT2D eigenvalue weighted by Crippen LogP contribution is 2.25. The molecule has 2 aromatic heterocycles. The Labute approximate surface area is 126 Å². The number of aromatic nitrogens is 4. The molecule has 0 N–H and O–H groups in total. The van der Waals surface area contributed by atoms with E-state index in [1.165, 1.54) is 0 Å². The van der Waals surface area contributed by atoms with Crippen LogP contribution in [0.4, 0.5) is 0 Å². The largest absolute Gasteiger partial charge is 0.497 e. The molecule has 0 unspecified atom stereocenters. The highest BCUT2D eigenvalue weighted by molar-refractivity contribution is 7.98. The summed E-state index contributed by atoms with van der Waals surface area (Å²) in [6, 6.07) is 7.53. The molecule has 2 heterocycles. The fourth-order valence-electron chi connectivity index (χ4n) is 1.80. The van der Waals surface area contributed by atoms with Gasteiger partial charge in [-0.3, -0.25) is 0 Å². The van der Waals surface area contributed by atoms with Crippen LogP contribution in [0.3, 0.4) is 0 Å². The van der Waals surface area contributed by atoms with Crippen molar-refractivity contribution in [2.45, 2.75) is 10.9 Å². The summed E-state index contributed by atoms with van der Waals surface area (Å²) in [5, 5.41) is 9.05. The standard InChI is InChI=1S/C14H14N4O2S/c1-18-7-6-15-14(18)21-9-12-16-17-13(20-12)10-4-3-5-11(8-10)19-2/h3-8H,9H2,1-2H3. The van der Waals surface area contributed by atoms with Gasteiger partial charge in [0.1, 0.15) is 5.75 Å². The number of nitrogens with zero attached hydrogens (tertiary/aromatic N) is 4. The van der Waals surface area contributed by atoms with Crippen LogP contribution in [-0.4, -0.2) is 26.9 Å². The molecule has 0 radical (unpaired) electrons. The van der Waals surface area contributed by atoms with E-state index < -0.39 is 0 Å². The number of ether oxygens (including phenoxy) is 1. The smallest absolute Gasteiger partial charge is 0.247 e. The Morgan fingerprint density at radius 3 is 3.00 bits per heavy atom. The van der Waals surface area contributed by atoms with E-state index in [4.69, 9.17) is 9.15 Å². The highest BCUT2D eigenvalue weighted by atomic mass is 32.2. The van der Waals surface area contributed by atoms with Gasteiger partial charge in [-0.05, 0) is 18.2 Å². The Balaban J connectivity index is 1.72. The summed E-state index contributed by atoms with van der Waals surface area (Å²) in [6.07, 6.45) is 3.66. The van der Waals surface area contributed by atoms with Gasteiger partial charge < -0.3 is 13.7 Å². The molecule has 0 saturated carbocycles. The summed E-state index contributed by atoms with van der Waals surface area (Å²) in [7, 11) is 3.58. The van der Waals surface area contributed by atoms with Crippen LogP contribution in [0.25, 0.3) is 11.5 Å². The van der Waals surface area contributed by atoms with Gasteiger partial charge >= 0.3 is 0 Å². The molecule has 7 heteroatoms. The van der Waals surface area contributed by atoms with Crippen molar-refractivity contribution in [2.75, 3.05) is 7.11 Å². The van der Waals surface area contributed by atoms with E-state index >= 15 is 0 Å². The molecule has 0 saturated heterocycles.